The Kier molecular flexibility index (Phi) is 9.31. The number of nitrogens with one attached hydrogen (secondary N) is 1. The van der Waals surface area contributed by atoms with Crippen molar-refractivity contribution in [3.05, 3.63) is 29.8 Å². The van der Waals surface area contributed by atoms with Gasteiger partial charge >= 0.3 is 0 Å². The lowest BCUT2D eigenvalue weighted by Crippen LogP contribution is -2.35. The predicted molar refractivity (Wildman–Crippen MR) is 107 cm³/mol. The van der Waals surface area contributed by atoms with Crippen LogP contribution < -0.4 is 15.8 Å². The van der Waals surface area contributed by atoms with E-state index >= 15 is 0 Å². The van der Waals surface area contributed by atoms with E-state index in [1.54, 1.807) is 7.11 Å². The number of halogens is 1. The molecule has 130 valence electrons. The van der Waals surface area contributed by atoms with Crippen molar-refractivity contribution in [1.82, 2.24) is 10.2 Å². The van der Waals surface area contributed by atoms with Crippen LogP contribution in [0.5, 0.6) is 5.75 Å². The Labute approximate surface area is 156 Å². The smallest absolute Gasteiger partial charge is 0.188 e. The van der Waals surface area contributed by atoms with Crippen molar-refractivity contribution in [2.75, 3.05) is 33.3 Å². The lowest BCUT2D eigenvalue weighted by atomic mass is 10.1. The highest BCUT2D eigenvalue weighted by Crippen LogP contribution is 2.25. The normalized spacial score (nSPS) is 14.5. The summed E-state index contributed by atoms with van der Waals surface area (Å²) in [5.41, 5.74) is 7.16. The highest BCUT2D eigenvalue weighted by molar-refractivity contribution is 14.0. The highest BCUT2D eigenvalue weighted by Gasteiger charge is 2.26. The summed E-state index contributed by atoms with van der Waals surface area (Å²) < 4.78 is 5.15. The van der Waals surface area contributed by atoms with E-state index in [1.165, 1.54) is 18.4 Å². The van der Waals surface area contributed by atoms with Crippen LogP contribution in [0.3, 0.4) is 0 Å². The van der Waals surface area contributed by atoms with Crippen LogP contribution in [0.25, 0.3) is 0 Å². The molecule has 0 atom stereocenters. The molecule has 5 nitrogen and oxygen atoms in total. The number of hydrogen-bond acceptors (Lipinski definition) is 3. The molecular weight excluding hydrogens is 403 g/mol. The van der Waals surface area contributed by atoms with Crippen LogP contribution in [-0.4, -0.2) is 50.2 Å². The maximum Gasteiger partial charge on any atom is 0.188 e. The zero-order valence-electron chi connectivity index (χ0n) is 14.1. The average molecular weight is 432 g/mol. The van der Waals surface area contributed by atoms with E-state index < -0.39 is 0 Å². The van der Waals surface area contributed by atoms with E-state index in [0.717, 1.165) is 44.4 Å². The number of guanidine groups is 1. The van der Waals surface area contributed by atoms with Crippen molar-refractivity contribution in [1.29, 1.82) is 0 Å². The van der Waals surface area contributed by atoms with E-state index in [-0.39, 0.29) is 24.0 Å². The standard InChI is InChI=1S/C17H28N4O.HI/c1-3-21(15-6-7-15)13-12-20-17(18)19-11-10-14-4-8-16(22-2)9-5-14;/h4-5,8-9,15H,3,6-7,10-13H2,1-2H3,(H3,18,19,20);1H. The van der Waals surface area contributed by atoms with Crippen molar-refractivity contribution < 1.29 is 4.74 Å². The van der Waals surface area contributed by atoms with Crippen LogP contribution in [0.4, 0.5) is 0 Å². The minimum atomic E-state index is 0. The molecule has 1 fully saturated rings. The van der Waals surface area contributed by atoms with E-state index in [9.17, 15) is 0 Å². The lowest BCUT2D eigenvalue weighted by molar-refractivity contribution is 0.286. The number of nitrogens with two attached hydrogens (primary N) is 1. The van der Waals surface area contributed by atoms with E-state index in [0.29, 0.717) is 5.96 Å². The van der Waals surface area contributed by atoms with Gasteiger partial charge in [-0.1, -0.05) is 19.1 Å². The minimum absolute atomic E-state index is 0. The van der Waals surface area contributed by atoms with Crippen LogP contribution in [0, 0.1) is 0 Å². The van der Waals surface area contributed by atoms with E-state index in [1.807, 2.05) is 12.1 Å². The highest BCUT2D eigenvalue weighted by atomic mass is 127. The molecule has 0 heterocycles. The number of methoxy groups -OCH3 is 1. The number of nitrogens with zero attached hydrogens (tertiary/aromatic N) is 2. The summed E-state index contributed by atoms with van der Waals surface area (Å²) in [4.78, 5) is 6.88. The van der Waals surface area contributed by atoms with Crippen LogP contribution in [-0.2, 0) is 6.42 Å². The Hall–Kier alpha value is -1.02. The number of rotatable bonds is 9. The van der Waals surface area contributed by atoms with Crippen LogP contribution in [0.1, 0.15) is 25.3 Å². The Balaban J connectivity index is 0.00000264. The van der Waals surface area contributed by atoms with Crippen LogP contribution in [0.2, 0.25) is 0 Å². The summed E-state index contributed by atoms with van der Waals surface area (Å²) in [6, 6.07) is 8.89. The lowest BCUT2D eigenvalue weighted by Gasteiger charge is -2.18. The molecular formula is C17H29IN4O. The van der Waals surface area contributed by atoms with Gasteiger partial charge in [0.2, 0.25) is 0 Å². The van der Waals surface area contributed by atoms with Gasteiger partial charge in [0.25, 0.3) is 0 Å². The molecule has 3 N–H and O–H groups in total. The number of benzene rings is 1. The average Bonchev–Trinajstić information content (AvgIpc) is 3.37. The van der Waals surface area contributed by atoms with Crippen molar-refractivity contribution in [2.24, 2.45) is 10.7 Å². The first kappa shape index (κ1) is 20.0. The second-order valence-electron chi connectivity index (χ2n) is 5.65. The topological polar surface area (TPSA) is 62.9 Å². The van der Waals surface area contributed by atoms with Gasteiger partial charge in [0, 0.05) is 19.1 Å². The Morgan fingerprint density at radius 2 is 2.04 bits per heavy atom. The predicted octanol–water partition coefficient (Wildman–Crippen LogP) is 2.24. The van der Waals surface area contributed by atoms with Gasteiger partial charge in [0.1, 0.15) is 5.75 Å². The zero-order chi connectivity index (χ0) is 15.8. The molecule has 1 aliphatic rings. The molecule has 0 bridgehead atoms. The number of hydrogen-bond donors (Lipinski definition) is 2. The molecule has 2 rings (SSSR count). The number of likely N-dealkylation sites (N-methyl/N-ethyl adjacent to an activating group) is 1. The quantitative estimate of drug-likeness (QED) is 0.357. The molecule has 1 aromatic carbocycles. The van der Waals surface area contributed by atoms with Crippen LogP contribution in [0.15, 0.2) is 29.3 Å². The second kappa shape index (κ2) is 10.7. The first-order valence-electron chi connectivity index (χ1n) is 8.13. The molecule has 0 saturated heterocycles. The third-order valence-corrected chi connectivity index (χ3v) is 4.02. The first-order valence-corrected chi connectivity index (χ1v) is 8.13. The molecule has 1 aromatic rings. The van der Waals surface area contributed by atoms with Crippen molar-refractivity contribution >= 4 is 29.9 Å². The van der Waals surface area contributed by atoms with E-state index in [4.69, 9.17) is 10.5 Å². The fraction of sp³-hybridized carbons (Fsp3) is 0.588. The Morgan fingerprint density at radius 3 is 2.61 bits per heavy atom. The van der Waals surface area contributed by atoms with Crippen molar-refractivity contribution in [3.63, 3.8) is 0 Å². The molecule has 0 aromatic heterocycles. The van der Waals surface area contributed by atoms with Gasteiger partial charge < -0.3 is 15.8 Å². The maximum atomic E-state index is 5.90. The third kappa shape index (κ3) is 7.39. The van der Waals surface area contributed by atoms with Crippen LogP contribution >= 0.6 is 24.0 Å². The van der Waals surface area contributed by atoms with Gasteiger partial charge in [-0.3, -0.25) is 9.89 Å². The number of aliphatic imine (C=N–C) groups is 1. The zero-order valence-corrected chi connectivity index (χ0v) is 16.5. The summed E-state index contributed by atoms with van der Waals surface area (Å²) in [5.74, 6) is 1.43. The summed E-state index contributed by atoms with van der Waals surface area (Å²) in [7, 11) is 1.68. The SMILES string of the molecule is CCN(CCN=C(N)NCCc1ccc(OC)cc1)C1CC1.I. The fourth-order valence-electron chi connectivity index (χ4n) is 2.52. The van der Waals surface area contributed by atoms with Crippen molar-refractivity contribution in [2.45, 2.75) is 32.2 Å². The van der Waals surface area contributed by atoms with Gasteiger partial charge in [-0.25, -0.2) is 0 Å². The monoisotopic (exact) mass is 432 g/mol. The molecule has 0 amide bonds. The molecule has 0 spiro atoms. The molecule has 0 radical (unpaired) electrons. The minimum Gasteiger partial charge on any atom is -0.497 e. The number of ether oxygens (including phenoxy) is 1. The molecule has 0 unspecified atom stereocenters. The molecule has 23 heavy (non-hydrogen) atoms. The van der Waals surface area contributed by atoms with Gasteiger partial charge in [0.05, 0.1) is 13.7 Å². The van der Waals surface area contributed by atoms with Gasteiger partial charge in [-0.2, -0.15) is 0 Å². The second-order valence-corrected chi connectivity index (χ2v) is 5.65. The summed E-state index contributed by atoms with van der Waals surface area (Å²) in [6.07, 6.45) is 3.60. The van der Waals surface area contributed by atoms with Gasteiger partial charge in [-0.05, 0) is 43.5 Å². The molecule has 0 aliphatic heterocycles. The fourth-order valence-corrected chi connectivity index (χ4v) is 2.52. The van der Waals surface area contributed by atoms with Gasteiger partial charge in [-0.15, -0.1) is 24.0 Å². The molecule has 1 aliphatic carbocycles. The summed E-state index contributed by atoms with van der Waals surface area (Å²) >= 11 is 0. The summed E-state index contributed by atoms with van der Waals surface area (Å²) in [5, 5.41) is 3.17. The third-order valence-electron chi connectivity index (χ3n) is 4.02. The largest absolute Gasteiger partial charge is 0.497 e. The van der Waals surface area contributed by atoms with Crippen molar-refractivity contribution in [3.8, 4) is 5.75 Å². The maximum absolute atomic E-state index is 5.90. The summed E-state index contributed by atoms with van der Waals surface area (Å²) in [6.45, 7) is 5.87. The Morgan fingerprint density at radius 1 is 1.35 bits per heavy atom. The van der Waals surface area contributed by atoms with Gasteiger partial charge in [0.15, 0.2) is 5.96 Å². The van der Waals surface area contributed by atoms with E-state index in [2.05, 4.69) is 34.3 Å². The molecule has 1 saturated carbocycles. The Bertz CT molecular complexity index is 474. The first-order chi connectivity index (χ1) is 10.7. The molecule has 6 heteroatoms.